The van der Waals surface area contributed by atoms with E-state index in [9.17, 15) is 19.5 Å². The molecule has 3 rings (SSSR count). The quantitative estimate of drug-likeness (QED) is 0.587. The lowest BCUT2D eigenvalue weighted by atomic mass is 9.79. The fourth-order valence-corrected chi connectivity index (χ4v) is 3.93. The minimum atomic E-state index is -1.62. The summed E-state index contributed by atoms with van der Waals surface area (Å²) in [5.41, 5.74) is 0.134. The predicted octanol–water partition coefficient (Wildman–Crippen LogP) is -0.226. The average Bonchev–Trinajstić information content (AvgIpc) is 3.05. The number of likely N-dealkylation sites (tertiary alicyclic amines) is 1. The van der Waals surface area contributed by atoms with E-state index >= 15 is 0 Å². The molecular weight excluding hydrogens is 312 g/mol. The molecular formula is C17H20N2O5. The van der Waals surface area contributed by atoms with Crippen molar-refractivity contribution in [2.24, 2.45) is 11.8 Å². The Morgan fingerprint density at radius 2 is 2.00 bits per heavy atom. The SMILES string of the molecule is COC(=O)[C@]1(CO)N[C@H](c2ccccc2C)[C@@H]2C(=O)N(C)C(=O)[C@H]21. The van der Waals surface area contributed by atoms with E-state index in [1.807, 2.05) is 31.2 Å². The summed E-state index contributed by atoms with van der Waals surface area (Å²) in [6, 6.07) is 6.90. The minimum absolute atomic E-state index is 0.356. The smallest absolute Gasteiger partial charge is 0.329 e. The Hall–Kier alpha value is -2.25. The van der Waals surface area contributed by atoms with Gasteiger partial charge in [-0.2, -0.15) is 0 Å². The van der Waals surface area contributed by atoms with Gasteiger partial charge in [0.25, 0.3) is 0 Å². The number of methoxy groups -OCH3 is 1. The fraction of sp³-hybridized carbons (Fsp3) is 0.471. The predicted molar refractivity (Wildman–Crippen MR) is 83.6 cm³/mol. The maximum absolute atomic E-state index is 12.6. The highest BCUT2D eigenvalue weighted by atomic mass is 16.5. The molecule has 2 aliphatic rings. The van der Waals surface area contributed by atoms with Gasteiger partial charge in [-0.1, -0.05) is 24.3 Å². The largest absolute Gasteiger partial charge is 0.468 e. The number of hydrogen-bond donors (Lipinski definition) is 2. The van der Waals surface area contributed by atoms with E-state index in [4.69, 9.17) is 4.74 Å². The van der Waals surface area contributed by atoms with Gasteiger partial charge in [-0.15, -0.1) is 0 Å². The molecule has 1 aromatic carbocycles. The Morgan fingerprint density at radius 1 is 1.33 bits per heavy atom. The summed E-state index contributed by atoms with van der Waals surface area (Å²) in [4.78, 5) is 38.7. The van der Waals surface area contributed by atoms with Gasteiger partial charge in [0.1, 0.15) is 0 Å². The van der Waals surface area contributed by atoms with Crippen molar-refractivity contribution >= 4 is 17.8 Å². The normalized spacial score (nSPS) is 32.2. The summed E-state index contributed by atoms with van der Waals surface area (Å²) in [5.74, 6) is -3.32. The Morgan fingerprint density at radius 3 is 2.58 bits per heavy atom. The molecule has 0 bridgehead atoms. The molecule has 7 heteroatoms. The second-order valence-electron chi connectivity index (χ2n) is 6.34. The zero-order valence-electron chi connectivity index (χ0n) is 13.8. The summed E-state index contributed by atoms with van der Waals surface area (Å²) in [7, 11) is 2.60. The van der Waals surface area contributed by atoms with Gasteiger partial charge in [0.05, 0.1) is 25.6 Å². The van der Waals surface area contributed by atoms with Crippen molar-refractivity contribution in [2.75, 3.05) is 20.8 Å². The number of hydrogen-bond acceptors (Lipinski definition) is 6. The van der Waals surface area contributed by atoms with Crippen molar-refractivity contribution in [3.63, 3.8) is 0 Å². The molecule has 0 aliphatic carbocycles. The van der Waals surface area contributed by atoms with Crippen LogP contribution in [-0.2, 0) is 19.1 Å². The number of aliphatic hydroxyl groups is 1. The molecule has 2 N–H and O–H groups in total. The third-order valence-electron chi connectivity index (χ3n) is 5.20. The van der Waals surface area contributed by atoms with Gasteiger partial charge in [-0.05, 0) is 18.1 Å². The molecule has 2 aliphatic heterocycles. The summed E-state index contributed by atoms with van der Waals surface area (Å²) in [5, 5.41) is 13.0. The van der Waals surface area contributed by atoms with E-state index in [-0.39, 0.29) is 5.91 Å². The molecule has 0 unspecified atom stereocenters. The highest BCUT2D eigenvalue weighted by Gasteiger charge is 2.68. The van der Waals surface area contributed by atoms with Gasteiger partial charge in [0.2, 0.25) is 11.8 Å². The number of carbonyl (C=O) groups is 3. The van der Waals surface area contributed by atoms with Crippen molar-refractivity contribution in [1.82, 2.24) is 10.2 Å². The first kappa shape index (κ1) is 16.6. The number of nitrogens with zero attached hydrogens (tertiary/aromatic N) is 1. The third kappa shape index (κ3) is 2.01. The Kier molecular flexibility index (Phi) is 3.93. The van der Waals surface area contributed by atoms with Gasteiger partial charge in [-0.3, -0.25) is 19.8 Å². The average molecular weight is 332 g/mol. The number of rotatable bonds is 3. The standard InChI is InChI=1S/C17H20N2O5/c1-9-6-4-5-7-10(9)13-11-12(15(22)19(2)14(11)21)17(8-20,18-13)16(23)24-3/h4-7,11-13,18,20H,8H2,1-3H3/t11-,12+,13-,17-/m1/s1. The molecule has 2 heterocycles. The monoisotopic (exact) mass is 332 g/mol. The Labute approximate surface area is 139 Å². The van der Waals surface area contributed by atoms with Gasteiger partial charge < -0.3 is 9.84 Å². The van der Waals surface area contributed by atoms with Crippen LogP contribution in [0.3, 0.4) is 0 Å². The van der Waals surface area contributed by atoms with E-state index < -0.39 is 41.9 Å². The number of ether oxygens (including phenoxy) is 1. The summed E-state index contributed by atoms with van der Waals surface area (Å²) in [6.07, 6.45) is 0. The molecule has 0 spiro atoms. The van der Waals surface area contributed by atoms with Crippen LogP contribution in [0.2, 0.25) is 0 Å². The van der Waals surface area contributed by atoms with E-state index in [1.54, 1.807) is 0 Å². The van der Waals surface area contributed by atoms with Crippen LogP contribution < -0.4 is 5.32 Å². The van der Waals surface area contributed by atoms with Crippen LogP contribution in [0.4, 0.5) is 0 Å². The third-order valence-corrected chi connectivity index (χ3v) is 5.20. The lowest BCUT2D eigenvalue weighted by molar-refractivity contribution is -0.156. The number of imide groups is 1. The van der Waals surface area contributed by atoms with E-state index in [0.717, 1.165) is 16.0 Å². The number of aliphatic hydroxyl groups excluding tert-OH is 1. The first-order valence-electron chi connectivity index (χ1n) is 7.73. The molecule has 24 heavy (non-hydrogen) atoms. The molecule has 1 aromatic rings. The second-order valence-corrected chi connectivity index (χ2v) is 6.34. The highest BCUT2D eigenvalue weighted by Crippen LogP contribution is 2.49. The maximum Gasteiger partial charge on any atom is 0.329 e. The lowest BCUT2D eigenvalue weighted by Crippen LogP contribution is -2.58. The molecule has 2 saturated heterocycles. The lowest BCUT2D eigenvalue weighted by Gasteiger charge is -2.30. The van der Waals surface area contributed by atoms with Crippen molar-refractivity contribution in [1.29, 1.82) is 0 Å². The number of amides is 2. The molecule has 4 atom stereocenters. The van der Waals surface area contributed by atoms with Crippen molar-refractivity contribution in [3.8, 4) is 0 Å². The van der Waals surface area contributed by atoms with Gasteiger partial charge in [0.15, 0.2) is 5.54 Å². The zero-order chi connectivity index (χ0) is 17.6. The summed E-state index contributed by atoms with van der Waals surface area (Å²) in [6.45, 7) is 1.27. The first-order chi connectivity index (χ1) is 11.4. The van der Waals surface area contributed by atoms with Crippen LogP contribution in [0.15, 0.2) is 24.3 Å². The van der Waals surface area contributed by atoms with E-state index in [1.165, 1.54) is 14.2 Å². The number of aryl methyl sites for hydroxylation is 1. The molecule has 2 amide bonds. The first-order valence-corrected chi connectivity index (χ1v) is 7.73. The topological polar surface area (TPSA) is 95.9 Å². The number of nitrogens with one attached hydrogen (secondary N) is 1. The van der Waals surface area contributed by atoms with Crippen molar-refractivity contribution < 1.29 is 24.2 Å². The number of esters is 1. The minimum Gasteiger partial charge on any atom is -0.468 e. The summed E-state index contributed by atoms with van der Waals surface area (Å²) >= 11 is 0. The highest BCUT2D eigenvalue weighted by molar-refractivity contribution is 6.09. The zero-order valence-corrected chi connectivity index (χ0v) is 13.8. The Balaban J connectivity index is 2.17. The maximum atomic E-state index is 12.6. The fourth-order valence-electron chi connectivity index (χ4n) is 3.93. The van der Waals surface area contributed by atoms with Crippen molar-refractivity contribution in [3.05, 3.63) is 35.4 Å². The molecule has 128 valence electrons. The van der Waals surface area contributed by atoms with Gasteiger partial charge in [0, 0.05) is 13.1 Å². The van der Waals surface area contributed by atoms with Crippen LogP contribution in [-0.4, -0.2) is 54.1 Å². The van der Waals surface area contributed by atoms with Gasteiger partial charge in [-0.25, -0.2) is 4.79 Å². The van der Waals surface area contributed by atoms with Crippen LogP contribution in [0, 0.1) is 18.8 Å². The summed E-state index contributed by atoms with van der Waals surface area (Å²) < 4.78 is 4.83. The second kappa shape index (κ2) is 5.68. The molecule has 0 saturated carbocycles. The molecule has 0 aromatic heterocycles. The Bertz CT molecular complexity index is 719. The molecule has 0 radical (unpaired) electrons. The number of fused-ring (bicyclic) bond motifs is 1. The van der Waals surface area contributed by atoms with Crippen LogP contribution in [0.5, 0.6) is 0 Å². The van der Waals surface area contributed by atoms with E-state index in [2.05, 4.69) is 5.32 Å². The van der Waals surface area contributed by atoms with Crippen LogP contribution >= 0.6 is 0 Å². The van der Waals surface area contributed by atoms with Crippen molar-refractivity contribution in [2.45, 2.75) is 18.5 Å². The number of benzene rings is 1. The van der Waals surface area contributed by atoms with Gasteiger partial charge >= 0.3 is 5.97 Å². The molecule has 2 fully saturated rings. The van der Waals surface area contributed by atoms with Crippen LogP contribution in [0.25, 0.3) is 0 Å². The van der Waals surface area contributed by atoms with E-state index in [0.29, 0.717) is 0 Å². The van der Waals surface area contributed by atoms with Crippen LogP contribution in [0.1, 0.15) is 17.2 Å². The number of carbonyl (C=O) groups excluding carboxylic acids is 3. The molecule has 7 nitrogen and oxygen atoms in total.